The van der Waals surface area contributed by atoms with Gasteiger partial charge in [0.15, 0.2) is 0 Å². The molecule has 0 radical (unpaired) electrons. The third-order valence-electron chi connectivity index (χ3n) is 3.75. The number of rotatable bonds is 2. The minimum atomic E-state index is -0.537. The van der Waals surface area contributed by atoms with E-state index >= 15 is 0 Å². The van der Waals surface area contributed by atoms with E-state index in [1.807, 2.05) is 30.3 Å². The van der Waals surface area contributed by atoms with Gasteiger partial charge in [-0.25, -0.2) is 4.79 Å². The minimum absolute atomic E-state index is 0.0579. The highest BCUT2D eigenvalue weighted by Gasteiger charge is 2.22. The van der Waals surface area contributed by atoms with Gasteiger partial charge < -0.3 is 14.8 Å². The van der Waals surface area contributed by atoms with Gasteiger partial charge in [0.1, 0.15) is 17.1 Å². The molecular weight excluding hydrogens is 280 g/mol. The van der Waals surface area contributed by atoms with E-state index in [-0.39, 0.29) is 17.4 Å². The van der Waals surface area contributed by atoms with Crippen molar-refractivity contribution in [3.8, 4) is 5.75 Å². The summed E-state index contributed by atoms with van der Waals surface area (Å²) < 4.78 is 5.11. The fraction of sp³-hybridized carbons (Fsp3) is 0.294. The molecule has 1 unspecified atom stereocenters. The zero-order valence-corrected chi connectivity index (χ0v) is 12.4. The Labute approximate surface area is 128 Å². The number of aryl methyl sites for hydroxylation is 1. The first-order valence-corrected chi connectivity index (χ1v) is 7.31. The second kappa shape index (κ2) is 6.15. The van der Waals surface area contributed by atoms with Gasteiger partial charge in [-0.2, -0.15) is 0 Å². The molecule has 0 fully saturated rings. The van der Waals surface area contributed by atoms with Crippen molar-refractivity contribution in [2.45, 2.75) is 19.4 Å². The number of aromatic hydroxyl groups is 1. The number of hydrogen-bond donors (Lipinski definition) is 2. The van der Waals surface area contributed by atoms with Crippen LogP contribution in [0.5, 0.6) is 5.75 Å². The van der Waals surface area contributed by atoms with Gasteiger partial charge in [0.05, 0.1) is 12.3 Å². The molecule has 0 saturated carbocycles. The number of nitrogens with zero attached hydrogens (tertiary/aromatic N) is 1. The highest BCUT2D eigenvalue weighted by Crippen LogP contribution is 2.24. The molecule has 0 bridgehead atoms. The average molecular weight is 298 g/mol. The Morgan fingerprint density at radius 3 is 2.82 bits per heavy atom. The van der Waals surface area contributed by atoms with Crippen LogP contribution < -0.4 is 10.9 Å². The first kappa shape index (κ1) is 14.5. The standard InChI is InChI=1S/C17H18N2O3/c1-11-9-15(20)16(17(21)22-11)14-10-13(18-7-8-19-14)12-5-3-2-4-6-12/h2-6,9,13,18,20H,7-8,10H2,1H3. The predicted molar refractivity (Wildman–Crippen MR) is 84.6 cm³/mol. The Bertz CT molecular complexity index is 750. The molecular formula is C17H18N2O3. The molecule has 22 heavy (non-hydrogen) atoms. The van der Waals surface area contributed by atoms with Crippen molar-refractivity contribution >= 4 is 5.71 Å². The van der Waals surface area contributed by atoms with E-state index in [1.54, 1.807) is 6.92 Å². The van der Waals surface area contributed by atoms with Crippen molar-refractivity contribution in [1.82, 2.24) is 5.32 Å². The molecule has 0 aliphatic carbocycles. The second-order valence-corrected chi connectivity index (χ2v) is 5.35. The van der Waals surface area contributed by atoms with Gasteiger partial charge in [0, 0.05) is 25.1 Å². The SMILES string of the molecule is Cc1cc(O)c(C2=NCCNC(c3ccccc3)C2)c(=O)o1. The maximum atomic E-state index is 12.1. The summed E-state index contributed by atoms with van der Waals surface area (Å²) in [4.78, 5) is 16.5. The molecule has 2 heterocycles. The predicted octanol–water partition coefficient (Wildman–Crippen LogP) is 2.18. The summed E-state index contributed by atoms with van der Waals surface area (Å²) in [6.45, 7) is 2.92. The van der Waals surface area contributed by atoms with Crippen LogP contribution >= 0.6 is 0 Å². The molecule has 1 aromatic carbocycles. The van der Waals surface area contributed by atoms with Crippen molar-refractivity contribution in [2.24, 2.45) is 4.99 Å². The normalized spacial score (nSPS) is 18.6. The minimum Gasteiger partial charge on any atom is -0.507 e. The fourth-order valence-corrected chi connectivity index (χ4v) is 2.72. The summed E-state index contributed by atoms with van der Waals surface area (Å²) in [5.74, 6) is 0.319. The third kappa shape index (κ3) is 2.94. The number of nitrogens with one attached hydrogen (secondary N) is 1. The topological polar surface area (TPSA) is 74.8 Å². The molecule has 1 atom stereocenters. The van der Waals surface area contributed by atoms with Gasteiger partial charge in [0.2, 0.25) is 0 Å². The molecule has 5 heteroatoms. The third-order valence-corrected chi connectivity index (χ3v) is 3.75. The number of benzene rings is 1. The number of aliphatic imine (C=N–C) groups is 1. The molecule has 0 saturated heterocycles. The van der Waals surface area contributed by atoms with E-state index < -0.39 is 5.63 Å². The lowest BCUT2D eigenvalue weighted by Crippen LogP contribution is -2.24. The summed E-state index contributed by atoms with van der Waals surface area (Å²) in [6, 6.07) is 11.5. The smallest absolute Gasteiger partial charge is 0.348 e. The Balaban J connectivity index is 1.97. The average Bonchev–Trinajstić information content (AvgIpc) is 2.73. The largest absolute Gasteiger partial charge is 0.507 e. The highest BCUT2D eigenvalue weighted by molar-refractivity contribution is 6.02. The zero-order chi connectivity index (χ0) is 15.5. The maximum absolute atomic E-state index is 12.1. The molecule has 1 aromatic heterocycles. The van der Waals surface area contributed by atoms with Crippen LogP contribution in [0.2, 0.25) is 0 Å². The van der Waals surface area contributed by atoms with Crippen LogP contribution in [-0.2, 0) is 0 Å². The van der Waals surface area contributed by atoms with Gasteiger partial charge in [0.25, 0.3) is 0 Å². The van der Waals surface area contributed by atoms with Gasteiger partial charge in [-0.15, -0.1) is 0 Å². The second-order valence-electron chi connectivity index (χ2n) is 5.35. The van der Waals surface area contributed by atoms with Crippen molar-refractivity contribution in [3.05, 3.63) is 63.7 Å². The van der Waals surface area contributed by atoms with E-state index in [0.717, 1.165) is 12.1 Å². The first-order chi connectivity index (χ1) is 10.6. The van der Waals surface area contributed by atoms with Gasteiger partial charge >= 0.3 is 5.63 Å². The summed E-state index contributed by atoms with van der Waals surface area (Å²) in [7, 11) is 0. The van der Waals surface area contributed by atoms with E-state index in [4.69, 9.17) is 4.42 Å². The molecule has 2 N–H and O–H groups in total. The lowest BCUT2D eigenvalue weighted by atomic mass is 9.98. The van der Waals surface area contributed by atoms with E-state index in [9.17, 15) is 9.90 Å². The molecule has 1 aliphatic rings. The van der Waals surface area contributed by atoms with Crippen LogP contribution in [0, 0.1) is 6.92 Å². The quantitative estimate of drug-likeness (QED) is 0.891. The summed E-state index contributed by atoms with van der Waals surface area (Å²) in [5.41, 5.74) is 1.36. The van der Waals surface area contributed by atoms with Crippen molar-refractivity contribution < 1.29 is 9.52 Å². The van der Waals surface area contributed by atoms with E-state index in [1.165, 1.54) is 6.07 Å². The van der Waals surface area contributed by atoms with Crippen LogP contribution in [0.15, 0.2) is 50.6 Å². The Hall–Kier alpha value is -2.40. The monoisotopic (exact) mass is 298 g/mol. The Morgan fingerprint density at radius 2 is 2.09 bits per heavy atom. The molecule has 0 spiro atoms. The Kier molecular flexibility index (Phi) is 4.06. The molecule has 5 nitrogen and oxygen atoms in total. The first-order valence-electron chi connectivity index (χ1n) is 7.31. The maximum Gasteiger partial charge on any atom is 0.348 e. The van der Waals surface area contributed by atoms with Crippen LogP contribution in [0.25, 0.3) is 0 Å². The van der Waals surface area contributed by atoms with Gasteiger partial charge in [-0.3, -0.25) is 4.99 Å². The van der Waals surface area contributed by atoms with Gasteiger partial charge in [-0.1, -0.05) is 30.3 Å². The van der Waals surface area contributed by atoms with Crippen LogP contribution in [0.1, 0.15) is 29.3 Å². The molecule has 114 valence electrons. The van der Waals surface area contributed by atoms with Gasteiger partial charge in [-0.05, 0) is 12.5 Å². The molecule has 0 amide bonds. The Morgan fingerprint density at radius 1 is 1.32 bits per heavy atom. The number of hydrogen-bond acceptors (Lipinski definition) is 5. The zero-order valence-electron chi connectivity index (χ0n) is 12.4. The summed E-state index contributed by atoms with van der Waals surface area (Å²) >= 11 is 0. The van der Waals surface area contributed by atoms with Crippen molar-refractivity contribution in [3.63, 3.8) is 0 Å². The van der Waals surface area contributed by atoms with E-state index in [0.29, 0.717) is 24.4 Å². The van der Waals surface area contributed by atoms with Crippen LogP contribution in [0.4, 0.5) is 0 Å². The van der Waals surface area contributed by atoms with Crippen LogP contribution in [-0.4, -0.2) is 23.9 Å². The highest BCUT2D eigenvalue weighted by atomic mass is 16.4. The lowest BCUT2D eigenvalue weighted by Gasteiger charge is -2.17. The molecule has 2 aromatic rings. The lowest BCUT2D eigenvalue weighted by molar-refractivity contribution is 0.432. The van der Waals surface area contributed by atoms with E-state index in [2.05, 4.69) is 10.3 Å². The van der Waals surface area contributed by atoms with Crippen molar-refractivity contribution in [1.29, 1.82) is 0 Å². The molecule has 1 aliphatic heterocycles. The summed E-state index contributed by atoms with van der Waals surface area (Å²) in [5, 5.41) is 13.5. The van der Waals surface area contributed by atoms with Crippen molar-refractivity contribution in [2.75, 3.05) is 13.1 Å². The van der Waals surface area contributed by atoms with Crippen LogP contribution in [0.3, 0.4) is 0 Å². The molecule has 3 rings (SSSR count). The summed E-state index contributed by atoms with van der Waals surface area (Å²) in [6.07, 6.45) is 0.533. The fourth-order valence-electron chi connectivity index (χ4n) is 2.72.